The Labute approximate surface area is 120 Å². The maximum Gasteiger partial charge on any atom is 0.257 e. The van der Waals surface area contributed by atoms with Gasteiger partial charge in [-0.3, -0.25) is 4.79 Å². The third-order valence-electron chi connectivity index (χ3n) is 2.75. The Bertz CT molecular complexity index is 627. The minimum atomic E-state index is -0.902. The van der Waals surface area contributed by atoms with E-state index in [0.29, 0.717) is 11.4 Å². The van der Waals surface area contributed by atoms with Gasteiger partial charge in [0.25, 0.3) is 5.91 Å². The molecule has 0 unspecified atom stereocenters. The first kappa shape index (κ1) is 14.8. The zero-order valence-corrected chi connectivity index (χ0v) is 11.1. The molecule has 0 radical (unpaired) electrons. The van der Waals surface area contributed by atoms with Crippen LogP contribution < -0.4 is 15.8 Å². The van der Waals surface area contributed by atoms with Crippen LogP contribution in [0.1, 0.15) is 10.4 Å². The second kappa shape index (κ2) is 6.69. The highest BCUT2D eigenvalue weighted by Gasteiger charge is 2.16. The van der Waals surface area contributed by atoms with Gasteiger partial charge in [0.1, 0.15) is 29.6 Å². The number of halogens is 2. The summed E-state index contributed by atoms with van der Waals surface area (Å²) in [6.45, 7) is 0.233. The number of nitrogens with two attached hydrogens (primary N) is 1. The van der Waals surface area contributed by atoms with Crippen molar-refractivity contribution in [3.05, 3.63) is 59.7 Å². The summed E-state index contributed by atoms with van der Waals surface area (Å²) < 4.78 is 32.1. The molecule has 2 aromatic rings. The maximum atomic E-state index is 13.4. The predicted octanol–water partition coefficient (Wildman–Crippen LogP) is 2.36. The molecule has 0 heterocycles. The number of benzene rings is 2. The summed E-state index contributed by atoms with van der Waals surface area (Å²) >= 11 is 0. The number of amides is 1. The van der Waals surface area contributed by atoms with Crippen LogP contribution in [0.4, 0.5) is 14.5 Å². The molecule has 0 aliphatic heterocycles. The van der Waals surface area contributed by atoms with Gasteiger partial charge in [0.05, 0.1) is 12.2 Å². The standard InChI is InChI=1S/C15H14F2N2O2/c16-10-4-3-5-11(17)14(10)15(20)19-8-9-21-13-7-2-1-6-12(13)18/h1-7H,8-9,18H2,(H,19,20). The molecule has 0 fully saturated rings. The fourth-order valence-electron chi connectivity index (χ4n) is 1.74. The topological polar surface area (TPSA) is 64.3 Å². The molecule has 0 aliphatic rings. The minimum absolute atomic E-state index is 0.0982. The van der Waals surface area contributed by atoms with E-state index in [4.69, 9.17) is 10.5 Å². The van der Waals surface area contributed by atoms with Gasteiger partial charge in [0, 0.05) is 0 Å². The first-order chi connectivity index (χ1) is 10.1. The highest BCUT2D eigenvalue weighted by Crippen LogP contribution is 2.19. The van der Waals surface area contributed by atoms with Crippen LogP contribution in [-0.2, 0) is 0 Å². The van der Waals surface area contributed by atoms with Gasteiger partial charge in [-0.15, -0.1) is 0 Å². The molecule has 0 saturated carbocycles. The SMILES string of the molecule is Nc1ccccc1OCCNC(=O)c1c(F)cccc1F. The van der Waals surface area contributed by atoms with Gasteiger partial charge in [-0.2, -0.15) is 0 Å². The van der Waals surface area contributed by atoms with Crippen molar-refractivity contribution in [2.75, 3.05) is 18.9 Å². The number of carbonyl (C=O) groups excluding carboxylic acids is 1. The Hall–Kier alpha value is -2.63. The van der Waals surface area contributed by atoms with Gasteiger partial charge in [-0.1, -0.05) is 18.2 Å². The summed E-state index contributed by atoms with van der Waals surface area (Å²) in [4.78, 5) is 11.7. The number of anilines is 1. The van der Waals surface area contributed by atoms with E-state index in [9.17, 15) is 13.6 Å². The summed E-state index contributed by atoms with van der Waals surface area (Å²) in [6.07, 6.45) is 0. The minimum Gasteiger partial charge on any atom is -0.490 e. The predicted molar refractivity (Wildman–Crippen MR) is 75.0 cm³/mol. The van der Waals surface area contributed by atoms with Crippen LogP contribution in [0.3, 0.4) is 0 Å². The summed E-state index contributed by atoms with van der Waals surface area (Å²) in [5.74, 6) is -2.14. The average molecular weight is 292 g/mol. The molecule has 6 heteroatoms. The van der Waals surface area contributed by atoms with E-state index >= 15 is 0 Å². The smallest absolute Gasteiger partial charge is 0.257 e. The molecule has 3 N–H and O–H groups in total. The van der Waals surface area contributed by atoms with Crippen LogP contribution in [-0.4, -0.2) is 19.1 Å². The van der Waals surface area contributed by atoms with Crippen molar-refractivity contribution in [3.8, 4) is 5.75 Å². The maximum absolute atomic E-state index is 13.4. The molecule has 110 valence electrons. The van der Waals surface area contributed by atoms with Crippen LogP contribution in [0, 0.1) is 11.6 Å². The number of hydrogen-bond donors (Lipinski definition) is 2. The Balaban J connectivity index is 1.87. The molecular formula is C15H14F2N2O2. The Kier molecular flexibility index (Phi) is 4.71. The van der Waals surface area contributed by atoms with Crippen molar-refractivity contribution in [3.63, 3.8) is 0 Å². The molecule has 0 aromatic heterocycles. The molecule has 21 heavy (non-hydrogen) atoms. The van der Waals surface area contributed by atoms with E-state index in [-0.39, 0.29) is 13.2 Å². The van der Waals surface area contributed by atoms with Gasteiger partial charge < -0.3 is 15.8 Å². The fourth-order valence-corrected chi connectivity index (χ4v) is 1.74. The molecule has 0 spiro atoms. The highest BCUT2D eigenvalue weighted by molar-refractivity contribution is 5.94. The average Bonchev–Trinajstić information content (AvgIpc) is 2.45. The van der Waals surface area contributed by atoms with Crippen molar-refractivity contribution in [2.45, 2.75) is 0 Å². The van der Waals surface area contributed by atoms with E-state index < -0.39 is 23.1 Å². The van der Waals surface area contributed by atoms with E-state index in [2.05, 4.69) is 5.32 Å². The van der Waals surface area contributed by atoms with E-state index in [1.54, 1.807) is 24.3 Å². The van der Waals surface area contributed by atoms with Gasteiger partial charge in [-0.05, 0) is 24.3 Å². The number of nitrogens with one attached hydrogen (secondary N) is 1. The lowest BCUT2D eigenvalue weighted by Gasteiger charge is -2.10. The van der Waals surface area contributed by atoms with Crippen molar-refractivity contribution in [1.29, 1.82) is 0 Å². The van der Waals surface area contributed by atoms with Crippen molar-refractivity contribution in [1.82, 2.24) is 5.32 Å². The lowest BCUT2D eigenvalue weighted by molar-refractivity contribution is 0.0938. The van der Waals surface area contributed by atoms with Crippen LogP contribution in [0.15, 0.2) is 42.5 Å². The van der Waals surface area contributed by atoms with Gasteiger partial charge in [0.15, 0.2) is 0 Å². The fraction of sp³-hybridized carbons (Fsp3) is 0.133. The Morgan fingerprint density at radius 2 is 1.76 bits per heavy atom. The summed E-state index contributed by atoms with van der Waals surface area (Å²) in [7, 11) is 0. The molecule has 4 nitrogen and oxygen atoms in total. The Morgan fingerprint density at radius 3 is 2.43 bits per heavy atom. The summed E-state index contributed by atoms with van der Waals surface area (Å²) in [5, 5.41) is 2.39. The first-order valence-electron chi connectivity index (χ1n) is 6.29. The molecule has 0 aliphatic carbocycles. The second-order valence-electron chi connectivity index (χ2n) is 4.24. The number of carbonyl (C=O) groups is 1. The van der Waals surface area contributed by atoms with E-state index in [1.165, 1.54) is 6.07 Å². The van der Waals surface area contributed by atoms with E-state index in [1.807, 2.05) is 0 Å². The second-order valence-corrected chi connectivity index (χ2v) is 4.24. The van der Waals surface area contributed by atoms with Crippen molar-refractivity contribution < 1.29 is 18.3 Å². The third-order valence-corrected chi connectivity index (χ3v) is 2.75. The molecule has 1 amide bonds. The molecule has 0 bridgehead atoms. The van der Waals surface area contributed by atoms with Crippen molar-refractivity contribution in [2.24, 2.45) is 0 Å². The number of hydrogen-bond acceptors (Lipinski definition) is 3. The summed E-state index contributed by atoms with van der Waals surface area (Å²) in [5.41, 5.74) is 5.56. The number of rotatable bonds is 5. The van der Waals surface area contributed by atoms with Crippen LogP contribution in [0.5, 0.6) is 5.75 Å². The molecule has 0 atom stereocenters. The van der Waals surface area contributed by atoms with Crippen LogP contribution >= 0.6 is 0 Å². The molecular weight excluding hydrogens is 278 g/mol. The number of nitrogen functional groups attached to an aromatic ring is 1. The lowest BCUT2D eigenvalue weighted by atomic mass is 10.2. The largest absolute Gasteiger partial charge is 0.490 e. The van der Waals surface area contributed by atoms with Gasteiger partial charge >= 0.3 is 0 Å². The zero-order chi connectivity index (χ0) is 15.2. The third kappa shape index (κ3) is 3.68. The Morgan fingerprint density at radius 1 is 1.10 bits per heavy atom. The number of para-hydroxylation sites is 2. The molecule has 2 aromatic carbocycles. The van der Waals surface area contributed by atoms with Crippen molar-refractivity contribution >= 4 is 11.6 Å². The zero-order valence-electron chi connectivity index (χ0n) is 11.1. The quantitative estimate of drug-likeness (QED) is 0.657. The summed E-state index contributed by atoms with van der Waals surface area (Å²) in [6, 6.07) is 10.2. The monoisotopic (exact) mass is 292 g/mol. The van der Waals surface area contributed by atoms with Gasteiger partial charge in [-0.25, -0.2) is 8.78 Å². The molecule has 2 rings (SSSR count). The van der Waals surface area contributed by atoms with Gasteiger partial charge in [0.2, 0.25) is 0 Å². The highest BCUT2D eigenvalue weighted by atomic mass is 19.1. The first-order valence-corrected chi connectivity index (χ1v) is 6.29. The van der Waals surface area contributed by atoms with Crippen LogP contribution in [0.25, 0.3) is 0 Å². The lowest BCUT2D eigenvalue weighted by Crippen LogP contribution is -2.29. The number of ether oxygens (including phenoxy) is 1. The van der Waals surface area contributed by atoms with Crippen LogP contribution in [0.2, 0.25) is 0 Å². The van der Waals surface area contributed by atoms with E-state index in [0.717, 1.165) is 12.1 Å². The molecule has 0 saturated heterocycles. The normalized spacial score (nSPS) is 10.2.